The van der Waals surface area contributed by atoms with E-state index in [1.807, 2.05) is 24.3 Å². The molecular weight excluding hydrogens is 301 g/mol. The molecule has 0 aliphatic carbocycles. The summed E-state index contributed by atoms with van der Waals surface area (Å²) in [5.74, 6) is -0.213. The lowest BCUT2D eigenvalue weighted by Gasteiger charge is -2.14. The van der Waals surface area contributed by atoms with Crippen molar-refractivity contribution in [3.8, 4) is 22.4 Å². The van der Waals surface area contributed by atoms with Crippen LogP contribution in [0.5, 0.6) is 0 Å². The number of pyridine rings is 1. The number of benzene rings is 1. The number of rotatable bonds is 6. The average Bonchev–Trinajstić information content (AvgIpc) is 3.00. The van der Waals surface area contributed by atoms with Gasteiger partial charge in [0.15, 0.2) is 0 Å². The lowest BCUT2D eigenvalue weighted by Crippen LogP contribution is -2.15. The van der Waals surface area contributed by atoms with Crippen molar-refractivity contribution >= 4 is 0 Å². The van der Waals surface area contributed by atoms with Gasteiger partial charge in [-0.1, -0.05) is 12.1 Å². The second kappa shape index (κ2) is 7.41. The molecule has 0 bridgehead atoms. The minimum Gasteiger partial charge on any atom is -0.347 e. The predicted molar refractivity (Wildman–Crippen MR) is 96.2 cm³/mol. The van der Waals surface area contributed by atoms with Gasteiger partial charge in [-0.25, -0.2) is 4.39 Å². The van der Waals surface area contributed by atoms with Gasteiger partial charge in [0.2, 0.25) is 0 Å². The molecule has 3 rings (SSSR count). The Hall–Kier alpha value is -2.46. The summed E-state index contributed by atoms with van der Waals surface area (Å²) in [5, 5.41) is 0. The molecule has 0 saturated heterocycles. The molecule has 0 unspecified atom stereocenters. The smallest absolute Gasteiger partial charge is 0.123 e. The first-order valence-electron chi connectivity index (χ1n) is 8.15. The van der Waals surface area contributed by atoms with Gasteiger partial charge in [0.1, 0.15) is 5.82 Å². The molecule has 1 aromatic carbocycles. The fourth-order valence-electron chi connectivity index (χ4n) is 2.91. The summed E-state index contributed by atoms with van der Waals surface area (Å²) < 4.78 is 15.5. The number of aromatic nitrogens is 2. The van der Waals surface area contributed by atoms with Crippen molar-refractivity contribution in [1.29, 1.82) is 0 Å². The molecule has 0 aliphatic heterocycles. The Balaban J connectivity index is 1.99. The van der Waals surface area contributed by atoms with Gasteiger partial charge in [0.05, 0.1) is 5.69 Å². The van der Waals surface area contributed by atoms with Crippen molar-refractivity contribution in [2.45, 2.75) is 13.0 Å². The molecule has 24 heavy (non-hydrogen) atoms. The van der Waals surface area contributed by atoms with Crippen LogP contribution in [-0.4, -0.2) is 35.1 Å². The monoisotopic (exact) mass is 323 g/mol. The molecule has 2 heterocycles. The highest BCUT2D eigenvalue weighted by atomic mass is 19.1. The highest BCUT2D eigenvalue weighted by Gasteiger charge is 2.13. The van der Waals surface area contributed by atoms with E-state index in [4.69, 9.17) is 0 Å². The van der Waals surface area contributed by atoms with E-state index in [0.717, 1.165) is 41.9 Å². The van der Waals surface area contributed by atoms with Gasteiger partial charge in [0.25, 0.3) is 0 Å². The molecule has 0 radical (unpaired) electrons. The topological polar surface area (TPSA) is 21.1 Å². The van der Waals surface area contributed by atoms with Gasteiger partial charge in [-0.3, -0.25) is 4.98 Å². The number of nitrogens with zero attached hydrogens (tertiary/aromatic N) is 3. The fourth-order valence-corrected chi connectivity index (χ4v) is 2.91. The minimum absolute atomic E-state index is 0.213. The molecule has 0 spiro atoms. The van der Waals surface area contributed by atoms with E-state index in [1.165, 1.54) is 12.1 Å². The molecular formula is C20H22FN3. The fraction of sp³-hybridized carbons (Fsp3) is 0.250. The number of aryl methyl sites for hydroxylation is 1. The van der Waals surface area contributed by atoms with E-state index < -0.39 is 0 Å². The van der Waals surface area contributed by atoms with Crippen LogP contribution in [0.3, 0.4) is 0 Å². The summed E-state index contributed by atoms with van der Waals surface area (Å²) in [7, 11) is 4.17. The molecule has 3 aromatic rings. The van der Waals surface area contributed by atoms with Gasteiger partial charge in [-0.2, -0.15) is 0 Å². The Kier molecular flexibility index (Phi) is 5.06. The lowest BCUT2D eigenvalue weighted by molar-refractivity contribution is 0.387. The largest absolute Gasteiger partial charge is 0.347 e. The zero-order chi connectivity index (χ0) is 16.9. The molecule has 0 amide bonds. The maximum atomic E-state index is 13.3. The molecule has 3 nitrogen and oxygen atoms in total. The van der Waals surface area contributed by atoms with Gasteiger partial charge < -0.3 is 9.47 Å². The number of hydrogen-bond acceptors (Lipinski definition) is 2. The summed E-state index contributed by atoms with van der Waals surface area (Å²) in [4.78, 5) is 6.31. The second-order valence-electron chi connectivity index (χ2n) is 6.17. The first-order valence-corrected chi connectivity index (χ1v) is 8.15. The Bertz CT molecular complexity index is 776. The summed E-state index contributed by atoms with van der Waals surface area (Å²) >= 11 is 0. The standard InChI is InChI=1S/C20H22FN3/c1-23(2)13-3-14-24-15-10-19(16-4-6-18(21)7-5-16)20(24)17-8-11-22-12-9-17/h4-12,15H,3,13-14H2,1-2H3. The van der Waals surface area contributed by atoms with Crippen molar-refractivity contribution in [2.75, 3.05) is 20.6 Å². The third-order valence-corrected chi connectivity index (χ3v) is 4.08. The Labute approximate surface area is 142 Å². The molecule has 0 fully saturated rings. The normalized spacial score (nSPS) is 11.2. The number of hydrogen-bond donors (Lipinski definition) is 0. The van der Waals surface area contributed by atoms with E-state index >= 15 is 0 Å². The Morgan fingerprint density at radius 1 is 0.958 bits per heavy atom. The van der Waals surface area contributed by atoms with Crippen molar-refractivity contribution in [2.24, 2.45) is 0 Å². The van der Waals surface area contributed by atoms with Crippen LogP contribution in [0.25, 0.3) is 22.4 Å². The molecule has 0 N–H and O–H groups in total. The van der Waals surface area contributed by atoms with Crippen molar-refractivity contribution < 1.29 is 4.39 Å². The van der Waals surface area contributed by atoms with Crippen LogP contribution in [0.15, 0.2) is 61.1 Å². The molecule has 0 aliphatic rings. The van der Waals surface area contributed by atoms with Gasteiger partial charge in [-0.05, 0) is 63.0 Å². The van der Waals surface area contributed by atoms with Crippen molar-refractivity contribution in [1.82, 2.24) is 14.5 Å². The zero-order valence-corrected chi connectivity index (χ0v) is 14.1. The predicted octanol–water partition coefficient (Wildman–Crippen LogP) is 4.31. The Morgan fingerprint density at radius 2 is 1.67 bits per heavy atom. The molecule has 124 valence electrons. The first kappa shape index (κ1) is 16.4. The van der Waals surface area contributed by atoms with Gasteiger partial charge in [-0.15, -0.1) is 0 Å². The molecule has 2 aromatic heterocycles. The van der Waals surface area contributed by atoms with Crippen LogP contribution in [0, 0.1) is 5.82 Å². The average molecular weight is 323 g/mol. The third-order valence-electron chi connectivity index (χ3n) is 4.08. The van der Waals surface area contributed by atoms with Crippen molar-refractivity contribution in [3.05, 3.63) is 66.9 Å². The molecule has 0 saturated carbocycles. The van der Waals surface area contributed by atoms with Gasteiger partial charge in [0, 0.05) is 36.3 Å². The first-order chi connectivity index (χ1) is 11.6. The highest BCUT2D eigenvalue weighted by molar-refractivity contribution is 5.81. The lowest BCUT2D eigenvalue weighted by atomic mass is 10.0. The van der Waals surface area contributed by atoms with E-state index in [1.54, 1.807) is 12.4 Å². The quantitative estimate of drug-likeness (QED) is 0.674. The Morgan fingerprint density at radius 3 is 2.33 bits per heavy atom. The summed E-state index contributed by atoms with van der Waals surface area (Å²) in [5.41, 5.74) is 4.42. The van der Waals surface area contributed by atoms with Crippen LogP contribution in [0.2, 0.25) is 0 Å². The van der Waals surface area contributed by atoms with E-state index in [0.29, 0.717) is 0 Å². The maximum absolute atomic E-state index is 13.3. The van der Waals surface area contributed by atoms with Crippen LogP contribution in [0.1, 0.15) is 6.42 Å². The SMILES string of the molecule is CN(C)CCCn1ccc(-c2ccc(F)cc2)c1-c1ccncc1. The van der Waals surface area contributed by atoms with E-state index in [9.17, 15) is 4.39 Å². The van der Waals surface area contributed by atoms with Crippen LogP contribution in [-0.2, 0) is 6.54 Å². The second-order valence-corrected chi connectivity index (χ2v) is 6.17. The molecule has 4 heteroatoms. The zero-order valence-electron chi connectivity index (χ0n) is 14.1. The summed E-state index contributed by atoms with van der Waals surface area (Å²) in [6, 6.07) is 12.8. The summed E-state index contributed by atoms with van der Waals surface area (Å²) in [6.45, 7) is 1.98. The van der Waals surface area contributed by atoms with Crippen molar-refractivity contribution in [3.63, 3.8) is 0 Å². The minimum atomic E-state index is -0.213. The third kappa shape index (κ3) is 3.71. The maximum Gasteiger partial charge on any atom is 0.123 e. The van der Waals surface area contributed by atoms with Crippen LogP contribution >= 0.6 is 0 Å². The van der Waals surface area contributed by atoms with Crippen LogP contribution in [0.4, 0.5) is 4.39 Å². The van der Waals surface area contributed by atoms with Crippen LogP contribution < -0.4 is 0 Å². The highest BCUT2D eigenvalue weighted by Crippen LogP contribution is 2.33. The van der Waals surface area contributed by atoms with E-state index in [2.05, 4.69) is 40.8 Å². The number of halogens is 1. The van der Waals surface area contributed by atoms with Gasteiger partial charge >= 0.3 is 0 Å². The van der Waals surface area contributed by atoms with E-state index in [-0.39, 0.29) is 5.82 Å². The summed E-state index contributed by atoms with van der Waals surface area (Å²) in [6.07, 6.45) is 6.80. The molecule has 0 atom stereocenters.